The molecule has 0 radical (unpaired) electrons. The third-order valence-corrected chi connectivity index (χ3v) is 6.70. The van der Waals surface area contributed by atoms with Gasteiger partial charge < -0.3 is 0 Å². The molecule has 0 spiro atoms. The largest absolute Gasteiger partial charge is 0.289 e. The molecule has 2 aliphatic rings. The molecule has 0 aliphatic carbocycles. The summed E-state index contributed by atoms with van der Waals surface area (Å²) in [6, 6.07) is 25.0. The van der Waals surface area contributed by atoms with Gasteiger partial charge in [-0.3, -0.25) is 4.79 Å². The van der Waals surface area contributed by atoms with E-state index in [-0.39, 0.29) is 5.78 Å². The first-order chi connectivity index (χ1) is 12.8. The van der Waals surface area contributed by atoms with Crippen molar-refractivity contribution in [2.75, 3.05) is 0 Å². The summed E-state index contributed by atoms with van der Waals surface area (Å²) < 4.78 is 0. The third-order valence-electron chi connectivity index (χ3n) is 4.60. The number of rotatable bonds is 0. The Hall–Kier alpha value is -1.97. The first-order valence-electron chi connectivity index (χ1n) is 8.75. The maximum Gasteiger partial charge on any atom is 0.193 e. The Labute approximate surface area is 163 Å². The lowest BCUT2D eigenvalue weighted by Crippen LogP contribution is -2.08. The highest BCUT2D eigenvalue weighted by atomic mass is 32.2. The van der Waals surface area contributed by atoms with Gasteiger partial charge in [0.25, 0.3) is 0 Å². The van der Waals surface area contributed by atoms with Crippen LogP contribution in [0.2, 0.25) is 0 Å². The van der Waals surface area contributed by atoms with Crippen molar-refractivity contribution in [3.05, 3.63) is 106 Å². The molecule has 3 aromatic rings. The van der Waals surface area contributed by atoms with Crippen molar-refractivity contribution in [2.24, 2.45) is 0 Å². The van der Waals surface area contributed by atoms with E-state index in [0.29, 0.717) is 0 Å². The summed E-state index contributed by atoms with van der Waals surface area (Å²) in [4.78, 5) is 13.3. The van der Waals surface area contributed by atoms with Gasteiger partial charge in [0.2, 0.25) is 0 Å². The minimum Gasteiger partial charge on any atom is -0.289 e. The van der Waals surface area contributed by atoms with Gasteiger partial charge in [0.1, 0.15) is 0 Å². The topological polar surface area (TPSA) is 17.1 Å². The number of carbonyl (C=O) groups is 1. The summed E-state index contributed by atoms with van der Waals surface area (Å²) >= 11 is 3.72. The highest BCUT2D eigenvalue weighted by Gasteiger charge is 2.16. The van der Waals surface area contributed by atoms with Gasteiger partial charge in [0.05, 0.1) is 0 Å². The Morgan fingerprint density at radius 1 is 0.538 bits per heavy atom. The normalized spacial score (nSPS) is 14.8. The Morgan fingerprint density at radius 3 is 1.42 bits per heavy atom. The van der Waals surface area contributed by atoms with Gasteiger partial charge in [-0.05, 0) is 22.3 Å². The number of thioether (sulfide) groups is 2. The summed E-state index contributed by atoms with van der Waals surface area (Å²) in [5.74, 6) is 3.77. The number of ketones is 1. The minimum absolute atomic E-state index is 0.145. The van der Waals surface area contributed by atoms with Crippen LogP contribution in [0.5, 0.6) is 0 Å². The molecule has 3 heteroatoms. The molecular formula is C23H20OS2. The summed E-state index contributed by atoms with van der Waals surface area (Å²) in [6.07, 6.45) is 0. The van der Waals surface area contributed by atoms with Crippen LogP contribution in [0, 0.1) is 0 Å². The second-order valence-corrected chi connectivity index (χ2v) is 8.42. The SMILES string of the molecule is O=C1c2ccccc2CSCc2ccc(cc2)CSCc2ccccc21. The lowest BCUT2D eigenvalue weighted by atomic mass is 9.96. The minimum atomic E-state index is 0.145. The quantitative estimate of drug-likeness (QED) is 0.472. The van der Waals surface area contributed by atoms with Gasteiger partial charge in [-0.2, -0.15) is 23.5 Å². The lowest BCUT2D eigenvalue weighted by Gasteiger charge is -2.11. The Bertz CT molecular complexity index is 841. The zero-order valence-corrected chi connectivity index (χ0v) is 16.1. The maximum absolute atomic E-state index is 13.3. The van der Waals surface area contributed by atoms with Gasteiger partial charge in [0, 0.05) is 34.1 Å². The second-order valence-electron chi connectivity index (χ2n) is 6.45. The molecule has 26 heavy (non-hydrogen) atoms. The van der Waals surface area contributed by atoms with E-state index in [1.807, 2.05) is 59.9 Å². The number of hydrogen-bond donors (Lipinski definition) is 0. The fourth-order valence-electron chi connectivity index (χ4n) is 3.17. The number of hydrogen-bond acceptors (Lipinski definition) is 3. The van der Waals surface area contributed by atoms with Crippen LogP contribution < -0.4 is 0 Å². The summed E-state index contributed by atoms with van der Waals surface area (Å²) in [5.41, 5.74) is 6.59. The van der Waals surface area contributed by atoms with Crippen molar-refractivity contribution >= 4 is 29.3 Å². The summed E-state index contributed by atoms with van der Waals surface area (Å²) in [5, 5.41) is 0. The van der Waals surface area contributed by atoms with Crippen LogP contribution in [0.4, 0.5) is 0 Å². The Morgan fingerprint density at radius 2 is 0.962 bits per heavy atom. The number of fused-ring (bicyclic) bond motifs is 6. The van der Waals surface area contributed by atoms with Crippen LogP contribution in [0.1, 0.15) is 38.2 Å². The van der Waals surface area contributed by atoms with Crippen molar-refractivity contribution in [3.63, 3.8) is 0 Å². The molecule has 2 aliphatic heterocycles. The van der Waals surface area contributed by atoms with Crippen LogP contribution in [0.3, 0.4) is 0 Å². The van der Waals surface area contributed by atoms with Crippen molar-refractivity contribution in [2.45, 2.75) is 23.0 Å². The Kier molecular flexibility index (Phi) is 5.47. The van der Waals surface area contributed by atoms with Gasteiger partial charge in [-0.15, -0.1) is 0 Å². The zero-order valence-electron chi connectivity index (χ0n) is 14.5. The average molecular weight is 377 g/mol. The van der Waals surface area contributed by atoms with Crippen LogP contribution in [0.25, 0.3) is 0 Å². The molecule has 1 nitrogen and oxygen atoms in total. The average Bonchev–Trinajstić information content (AvgIpc) is 2.69. The molecular weight excluding hydrogens is 356 g/mol. The van der Waals surface area contributed by atoms with Gasteiger partial charge in [0.15, 0.2) is 5.78 Å². The van der Waals surface area contributed by atoms with Crippen molar-refractivity contribution in [1.29, 1.82) is 0 Å². The highest BCUT2D eigenvalue weighted by molar-refractivity contribution is 7.98. The van der Waals surface area contributed by atoms with E-state index in [4.69, 9.17) is 0 Å². The first kappa shape index (κ1) is 17.4. The smallest absolute Gasteiger partial charge is 0.193 e. The molecule has 0 fully saturated rings. The molecule has 0 saturated heterocycles. The van der Waals surface area contributed by atoms with E-state index in [9.17, 15) is 4.79 Å². The fraction of sp³-hybridized carbons (Fsp3) is 0.174. The molecule has 0 unspecified atom stereocenters. The fourth-order valence-corrected chi connectivity index (χ4v) is 5.17. The molecule has 3 aromatic carbocycles. The number of carbonyl (C=O) groups excluding carboxylic acids is 1. The van der Waals surface area contributed by atoms with Gasteiger partial charge in [-0.1, -0.05) is 72.8 Å². The van der Waals surface area contributed by atoms with E-state index in [0.717, 1.165) is 45.3 Å². The van der Waals surface area contributed by atoms with Gasteiger partial charge >= 0.3 is 0 Å². The van der Waals surface area contributed by atoms with Crippen LogP contribution in [-0.2, 0) is 23.0 Å². The predicted molar refractivity (Wildman–Crippen MR) is 113 cm³/mol. The molecule has 0 aromatic heterocycles. The third kappa shape index (κ3) is 3.89. The molecule has 2 bridgehead atoms. The number of benzene rings is 3. The van der Waals surface area contributed by atoms with Gasteiger partial charge in [-0.25, -0.2) is 0 Å². The molecule has 2 heterocycles. The predicted octanol–water partition coefficient (Wildman–Crippen LogP) is 6.10. The van der Waals surface area contributed by atoms with Crippen LogP contribution in [-0.4, -0.2) is 5.78 Å². The van der Waals surface area contributed by atoms with Crippen molar-refractivity contribution in [3.8, 4) is 0 Å². The highest BCUT2D eigenvalue weighted by Crippen LogP contribution is 2.27. The molecule has 5 rings (SSSR count). The van der Waals surface area contributed by atoms with E-state index in [1.54, 1.807) is 0 Å². The molecule has 0 saturated carbocycles. The maximum atomic E-state index is 13.3. The standard InChI is InChI=1S/C23H20OS2/c24-23-21-7-3-1-5-19(21)15-25-13-17-9-11-18(12-10-17)14-26-16-20-6-2-4-8-22(20)23/h1-12H,13-16H2. The van der Waals surface area contributed by atoms with Crippen molar-refractivity contribution < 1.29 is 4.79 Å². The first-order valence-corrected chi connectivity index (χ1v) is 11.1. The molecule has 130 valence electrons. The van der Waals surface area contributed by atoms with Crippen molar-refractivity contribution in [1.82, 2.24) is 0 Å². The zero-order chi connectivity index (χ0) is 17.8. The Balaban J connectivity index is 1.74. The molecule has 0 atom stereocenters. The van der Waals surface area contributed by atoms with E-state index in [1.165, 1.54) is 11.1 Å². The second kappa shape index (κ2) is 8.15. The monoisotopic (exact) mass is 376 g/mol. The van der Waals surface area contributed by atoms with Crippen LogP contribution >= 0.6 is 23.5 Å². The van der Waals surface area contributed by atoms with E-state index in [2.05, 4.69) is 36.4 Å². The lowest BCUT2D eigenvalue weighted by molar-refractivity contribution is 0.103. The van der Waals surface area contributed by atoms with Crippen LogP contribution in [0.15, 0.2) is 72.8 Å². The molecule has 0 amide bonds. The van der Waals surface area contributed by atoms with E-state index < -0.39 is 0 Å². The summed E-state index contributed by atoms with van der Waals surface area (Å²) in [6.45, 7) is 0. The summed E-state index contributed by atoms with van der Waals surface area (Å²) in [7, 11) is 0. The van der Waals surface area contributed by atoms with E-state index >= 15 is 0 Å². The molecule has 0 N–H and O–H groups in total.